The van der Waals surface area contributed by atoms with E-state index in [9.17, 15) is 0 Å². The van der Waals surface area contributed by atoms with Gasteiger partial charge >= 0.3 is 0 Å². The largest absolute Gasteiger partial charge is 0.476 e. The highest BCUT2D eigenvalue weighted by atomic mass is 16.7. The molecule has 0 radical (unpaired) electrons. The van der Waals surface area contributed by atoms with E-state index in [0.29, 0.717) is 24.2 Å². The van der Waals surface area contributed by atoms with Gasteiger partial charge in [-0.1, -0.05) is 6.07 Å². The van der Waals surface area contributed by atoms with Crippen LogP contribution in [0.25, 0.3) is 11.1 Å². The molecule has 2 aliphatic rings. The van der Waals surface area contributed by atoms with Crippen molar-refractivity contribution in [1.82, 2.24) is 9.78 Å². The third-order valence-corrected chi connectivity index (χ3v) is 3.87. The summed E-state index contributed by atoms with van der Waals surface area (Å²) < 4.78 is 18.3. The lowest BCUT2D eigenvalue weighted by Crippen LogP contribution is -2.01. The number of ether oxygens (including phenoxy) is 3. The zero-order valence-electron chi connectivity index (χ0n) is 11.8. The number of anilines is 1. The molecule has 0 unspecified atom stereocenters. The summed E-state index contributed by atoms with van der Waals surface area (Å²) in [5.41, 5.74) is 7.89. The first-order chi connectivity index (χ1) is 10.2. The van der Waals surface area contributed by atoms with Crippen LogP contribution in [0.2, 0.25) is 0 Å². The Hall–Kier alpha value is -2.37. The van der Waals surface area contributed by atoms with E-state index in [2.05, 4.69) is 5.10 Å². The molecular formula is C15H17N3O3. The Morgan fingerprint density at radius 3 is 2.95 bits per heavy atom. The molecule has 2 heterocycles. The lowest BCUT2D eigenvalue weighted by molar-refractivity contribution is 0.174. The van der Waals surface area contributed by atoms with Crippen LogP contribution in [-0.4, -0.2) is 23.2 Å². The van der Waals surface area contributed by atoms with Gasteiger partial charge in [-0.05, 0) is 36.5 Å². The van der Waals surface area contributed by atoms with Crippen molar-refractivity contribution in [1.29, 1.82) is 0 Å². The highest BCUT2D eigenvalue weighted by Crippen LogP contribution is 2.41. The van der Waals surface area contributed by atoms with E-state index in [4.69, 9.17) is 19.9 Å². The fourth-order valence-electron chi connectivity index (χ4n) is 2.42. The van der Waals surface area contributed by atoms with Gasteiger partial charge in [-0.15, -0.1) is 5.10 Å². The van der Waals surface area contributed by atoms with E-state index >= 15 is 0 Å². The summed E-state index contributed by atoms with van der Waals surface area (Å²) in [5, 5.41) is 4.38. The van der Waals surface area contributed by atoms with Crippen molar-refractivity contribution in [2.24, 2.45) is 13.0 Å². The van der Waals surface area contributed by atoms with Crippen LogP contribution in [-0.2, 0) is 7.05 Å². The summed E-state index contributed by atoms with van der Waals surface area (Å²) in [6.45, 7) is 0.959. The van der Waals surface area contributed by atoms with Crippen molar-refractivity contribution in [2.45, 2.75) is 12.8 Å². The van der Waals surface area contributed by atoms with Gasteiger partial charge in [0.15, 0.2) is 11.5 Å². The zero-order valence-corrected chi connectivity index (χ0v) is 11.8. The molecule has 6 heteroatoms. The topological polar surface area (TPSA) is 71.5 Å². The van der Waals surface area contributed by atoms with Crippen molar-refractivity contribution in [3.63, 3.8) is 0 Å². The van der Waals surface area contributed by atoms with E-state index in [-0.39, 0.29) is 6.79 Å². The van der Waals surface area contributed by atoms with E-state index in [0.717, 1.165) is 22.6 Å². The molecule has 6 nitrogen and oxygen atoms in total. The highest BCUT2D eigenvalue weighted by Gasteiger charge is 2.25. The predicted octanol–water partition coefficient (Wildman–Crippen LogP) is 2.19. The number of fused-ring (bicyclic) bond motifs is 1. The van der Waals surface area contributed by atoms with Gasteiger partial charge in [-0.2, -0.15) is 0 Å². The summed E-state index contributed by atoms with van der Waals surface area (Å²) in [5.74, 6) is 3.31. The molecule has 2 aromatic rings. The number of hydrogen-bond acceptors (Lipinski definition) is 5. The van der Waals surface area contributed by atoms with Gasteiger partial charge in [0.1, 0.15) is 5.82 Å². The van der Waals surface area contributed by atoms with Gasteiger partial charge in [-0.25, -0.2) is 4.68 Å². The molecule has 0 atom stereocenters. The summed E-state index contributed by atoms with van der Waals surface area (Å²) in [6.07, 6.45) is 2.48. The Balaban J connectivity index is 1.72. The number of nitrogens with zero attached hydrogens (tertiary/aromatic N) is 2. The molecule has 0 spiro atoms. The Kier molecular flexibility index (Phi) is 2.70. The number of nitrogen functional groups attached to an aromatic ring is 1. The molecule has 1 aromatic carbocycles. The molecular weight excluding hydrogens is 270 g/mol. The molecule has 1 fully saturated rings. The van der Waals surface area contributed by atoms with Crippen molar-refractivity contribution in [3.8, 4) is 28.5 Å². The lowest BCUT2D eigenvalue weighted by atomic mass is 10.1. The Labute approximate surface area is 122 Å². The smallest absolute Gasteiger partial charge is 0.243 e. The summed E-state index contributed by atoms with van der Waals surface area (Å²) in [6, 6.07) is 5.75. The number of rotatable bonds is 4. The summed E-state index contributed by atoms with van der Waals surface area (Å²) >= 11 is 0. The Morgan fingerprint density at radius 2 is 2.14 bits per heavy atom. The van der Waals surface area contributed by atoms with Crippen molar-refractivity contribution in [3.05, 3.63) is 18.2 Å². The van der Waals surface area contributed by atoms with E-state index < -0.39 is 0 Å². The monoisotopic (exact) mass is 287 g/mol. The van der Waals surface area contributed by atoms with Gasteiger partial charge in [-0.3, -0.25) is 0 Å². The van der Waals surface area contributed by atoms with E-state index in [1.165, 1.54) is 12.8 Å². The average molecular weight is 287 g/mol. The number of aryl methyl sites for hydroxylation is 1. The minimum atomic E-state index is 0.256. The Morgan fingerprint density at radius 1 is 1.33 bits per heavy atom. The first-order valence-electron chi connectivity index (χ1n) is 7.07. The van der Waals surface area contributed by atoms with Gasteiger partial charge in [0.2, 0.25) is 12.7 Å². The molecule has 1 saturated carbocycles. The van der Waals surface area contributed by atoms with Crippen LogP contribution < -0.4 is 19.9 Å². The molecule has 1 aliphatic carbocycles. The molecule has 110 valence electrons. The quantitative estimate of drug-likeness (QED) is 0.933. The molecule has 4 rings (SSSR count). The minimum absolute atomic E-state index is 0.256. The van der Waals surface area contributed by atoms with Gasteiger partial charge in [0.05, 0.1) is 12.2 Å². The lowest BCUT2D eigenvalue weighted by Gasteiger charge is -2.06. The summed E-state index contributed by atoms with van der Waals surface area (Å²) in [7, 11) is 1.82. The van der Waals surface area contributed by atoms with E-state index in [1.54, 1.807) is 4.68 Å². The van der Waals surface area contributed by atoms with Crippen LogP contribution in [0.4, 0.5) is 5.82 Å². The van der Waals surface area contributed by atoms with Crippen LogP contribution in [0, 0.1) is 5.92 Å². The summed E-state index contributed by atoms with van der Waals surface area (Å²) in [4.78, 5) is 0. The van der Waals surface area contributed by atoms with Crippen LogP contribution in [0.3, 0.4) is 0 Å². The molecule has 0 amide bonds. The van der Waals surface area contributed by atoms with Gasteiger partial charge in [0, 0.05) is 7.05 Å². The maximum absolute atomic E-state index is 6.15. The second kappa shape index (κ2) is 4.58. The predicted molar refractivity (Wildman–Crippen MR) is 77.4 cm³/mol. The van der Waals surface area contributed by atoms with Crippen LogP contribution in [0.5, 0.6) is 17.4 Å². The first-order valence-corrected chi connectivity index (χ1v) is 7.07. The third kappa shape index (κ3) is 2.16. The van der Waals surface area contributed by atoms with Gasteiger partial charge < -0.3 is 19.9 Å². The molecule has 0 bridgehead atoms. The maximum Gasteiger partial charge on any atom is 0.243 e. The highest BCUT2D eigenvalue weighted by molar-refractivity contribution is 5.80. The fourth-order valence-corrected chi connectivity index (χ4v) is 2.42. The standard InChI is InChI=1S/C15H17N3O3/c1-18-14(16)13(15(17-18)19-7-9-2-3-9)10-4-5-11-12(6-10)21-8-20-11/h4-6,9H,2-3,7-8,16H2,1H3. The normalized spacial score (nSPS) is 16.2. The third-order valence-electron chi connectivity index (χ3n) is 3.87. The van der Waals surface area contributed by atoms with Crippen molar-refractivity contribution in [2.75, 3.05) is 19.1 Å². The number of benzene rings is 1. The molecule has 1 aliphatic heterocycles. The van der Waals surface area contributed by atoms with Crippen LogP contribution in [0.15, 0.2) is 18.2 Å². The van der Waals surface area contributed by atoms with Gasteiger partial charge in [0.25, 0.3) is 0 Å². The van der Waals surface area contributed by atoms with Crippen LogP contribution >= 0.6 is 0 Å². The fraction of sp³-hybridized carbons (Fsp3) is 0.400. The first kappa shape index (κ1) is 12.4. The minimum Gasteiger partial charge on any atom is -0.476 e. The van der Waals surface area contributed by atoms with E-state index in [1.807, 2.05) is 25.2 Å². The second-order valence-corrected chi connectivity index (χ2v) is 5.51. The maximum atomic E-state index is 6.15. The molecule has 21 heavy (non-hydrogen) atoms. The average Bonchev–Trinajstić information content (AvgIpc) is 3.12. The SMILES string of the molecule is Cn1nc(OCC2CC2)c(-c2ccc3c(c2)OCO3)c1N. The molecule has 0 saturated heterocycles. The van der Waals surface area contributed by atoms with Crippen LogP contribution in [0.1, 0.15) is 12.8 Å². The molecule has 2 N–H and O–H groups in total. The Bertz CT molecular complexity index is 692. The number of aromatic nitrogens is 2. The zero-order chi connectivity index (χ0) is 14.4. The number of nitrogens with two attached hydrogens (primary N) is 1. The molecule has 1 aromatic heterocycles. The van der Waals surface area contributed by atoms with Crippen molar-refractivity contribution < 1.29 is 14.2 Å². The number of hydrogen-bond donors (Lipinski definition) is 1. The second-order valence-electron chi connectivity index (χ2n) is 5.51. The van der Waals surface area contributed by atoms with Crippen molar-refractivity contribution >= 4 is 5.82 Å².